The molecule has 5 rings (SSSR count). The molecule has 0 unspecified atom stereocenters. The van der Waals surface area contributed by atoms with Crippen molar-refractivity contribution < 1.29 is 0 Å². The number of nitrogens with zero attached hydrogens (tertiary/aromatic N) is 6. The van der Waals surface area contributed by atoms with Crippen LogP contribution in [0.3, 0.4) is 0 Å². The highest BCUT2D eigenvalue weighted by Crippen LogP contribution is 2.29. The van der Waals surface area contributed by atoms with Gasteiger partial charge in [0.2, 0.25) is 5.82 Å². The van der Waals surface area contributed by atoms with E-state index in [0.717, 1.165) is 57.6 Å². The molecule has 2 aromatic carbocycles. The standard InChI is InChI=1S/C27H27N7O/c1-4-6-22-17-34(25-18(2)7-5-8-19(25)3)27(35)33(22)16-20-9-11-21(12-10-20)24-15-28-14-13-23(24)26-29-31-32-30-26/h5,7-15,17H,4,6,16H2,1-3H3,(H,29,30,31,32). The first-order valence-electron chi connectivity index (χ1n) is 11.7. The van der Waals surface area contributed by atoms with E-state index in [1.807, 2.05) is 61.0 Å². The molecule has 0 spiro atoms. The number of pyridine rings is 1. The van der Waals surface area contributed by atoms with Gasteiger partial charge in [-0.25, -0.2) is 4.79 Å². The average Bonchev–Trinajstić information content (AvgIpc) is 3.50. The molecular weight excluding hydrogens is 438 g/mol. The number of para-hydroxylation sites is 1. The van der Waals surface area contributed by atoms with Crippen LogP contribution in [0.15, 0.2) is 71.9 Å². The summed E-state index contributed by atoms with van der Waals surface area (Å²) in [4.78, 5) is 17.8. The summed E-state index contributed by atoms with van der Waals surface area (Å²) < 4.78 is 3.69. The van der Waals surface area contributed by atoms with Crippen molar-refractivity contribution in [1.82, 2.24) is 34.7 Å². The first-order chi connectivity index (χ1) is 17.1. The van der Waals surface area contributed by atoms with Crippen molar-refractivity contribution in [2.24, 2.45) is 0 Å². The van der Waals surface area contributed by atoms with E-state index in [2.05, 4.69) is 44.7 Å². The predicted octanol–water partition coefficient (Wildman–Crippen LogP) is 4.50. The van der Waals surface area contributed by atoms with Gasteiger partial charge in [0.1, 0.15) is 0 Å². The maximum Gasteiger partial charge on any atom is 0.333 e. The summed E-state index contributed by atoms with van der Waals surface area (Å²) in [6.07, 6.45) is 7.33. The number of aromatic nitrogens is 7. The van der Waals surface area contributed by atoms with E-state index in [0.29, 0.717) is 12.4 Å². The van der Waals surface area contributed by atoms with Gasteiger partial charge in [-0.3, -0.25) is 14.1 Å². The molecule has 1 N–H and O–H groups in total. The Labute approximate surface area is 203 Å². The summed E-state index contributed by atoms with van der Waals surface area (Å²) in [7, 11) is 0. The number of H-pyrrole nitrogens is 1. The molecule has 0 aliphatic heterocycles. The van der Waals surface area contributed by atoms with Crippen LogP contribution in [0, 0.1) is 13.8 Å². The average molecular weight is 466 g/mol. The number of nitrogens with one attached hydrogen (secondary N) is 1. The lowest BCUT2D eigenvalue weighted by molar-refractivity contribution is 0.691. The number of benzene rings is 2. The van der Waals surface area contributed by atoms with Crippen molar-refractivity contribution >= 4 is 0 Å². The molecule has 35 heavy (non-hydrogen) atoms. The van der Waals surface area contributed by atoms with Crippen molar-refractivity contribution in [2.45, 2.75) is 40.2 Å². The Kier molecular flexibility index (Phi) is 6.10. The Morgan fingerprint density at radius 2 is 1.74 bits per heavy atom. The normalized spacial score (nSPS) is 11.2. The molecule has 5 aromatic rings. The van der Waals surface area contributed by atoms with Crippen LogP contribution in [0.25, 0.3) is 28.2 Å². The second-order valence-electron chi connectivity index (χ2n) is 8.70. The number of tetrazole rings is 1. The zero-order chi connectivity index (χ0) is 24.4. The van der Waals surface area contributed by atoms with Crippen molar-refractivity contribution in [3.63, 3.8) is 0 Å². The van der Waals surface area contributed by atoms with E-state index >= 15 is 0 Å². The highest BCUT2D eigenvalue weighted by atomic mass is 16.1. The number of hydrogen-bond donors (Lipinski definition) is 1. The van der Waals surface area contributed by atoms with Crippen LogP contribution < -0.4 is 5.69 Å². The number of hydrogen-bond acceptors (Lipinski definition) is 5. The second-order valence-corrected chi connectivity index (χ2v) is 8.70. The largest absolute Gasteiger partial charge is 0.333 e. The fourth-order valence-electron chi connectivity index (χ4n) is 4.57. The lowest BCUT2D eigenvalue weighted by atomic mass is 10.0. The lowest BCUT2D eigenvalue weighted by Gasteiger charge is -2.10. The Morgan fingerprint density at radius 3 is 2.43 bits per heavy atom. The van der Waals surface area contributed by atoms with Gasteiger partial charge in [0, 0.05) is 35.4 Å². The molecule has 176 valence electrons. The fourth-order valence-corrected chi connectivity index (χ4v) is 4.57. The van der Waals surface area contributed by atoms with E-state index in [1.165, 1.54) is 0 Å². The summed E-state index contributed by atoms with van der Waals surface area (Å²) >= 11 is 0. The van der Waals surface area contributed by atoms with Gasteiger partial charge in [-0.2, -0.15) is 5.21 Å². The molecule has 3 aromatic heterocycles. The molecule has 8 heteroatoms. The summed E-state index contributed by atoms with van der Waals surface area (Å²) in [6, 6.07) is 16.2. The van der Waals surface area contributed by atoms with Gasteiger partial charge in [-0.15, -0.1) is 10.2 Å². The molecule has 0 saturated heterocycles. The molecular formula is C27H27N7O. The van der Waals surface area contributed by atoms with Crippen LogP contribution >= 0.6 is 0 Å². The van der Waals surface area contributed by atoms with Crippen LogP contribution in [0.2, 0.25) is 0 Å². The van der Waals surface area contributed by atoms with E-state index in [4.69, 9.17) is 0 Å². The van der Waals surface area contributed by atoms with Crippen LogP contribution in [0.4, 0.5) is 0 Å². The molecule has 8 nitrogen and oxygen atoms in total. The summed E-state index contributed by atoms with van der Waals surface area (Å²) in [5, 5.41) is 14.4. The maximum absolute atomic E-state index is 13.5. The third kappa shape index (κ3) is 4.30. The number of imidazole rings is 1. The highest BCUT2D eigenvalue weighted by Gasteiger charge is 2.16. The summed E-state index contributed by atoms with van der Waals surface area (Å²) in [5.74, 6) is 0.523. The van der Waals surface area contributed by atoms with Gasteiger partial charge in [0.05, 0.1) is 12.2 Å². The molecule has 0 atom stereocenters. The van der Waals surface area contributed by atoms with E-state index in [1.54, 1.807) is 17.0 Å². The minimum atomic E-state index is -0.0124. The van der Waals surface area contributed by atoms with Crippen molar-refractivity contribution in [1.29, 1.82) is 0 Å². The van der Waals surface area contributed by atoms with Crippen LogP contribution in [0.1, 0.15) is 35.7 Å². The Hall–Kier alpha value is -4.33. The quantitative estimate of drug-likeness (QED) is 0.382. The number of rotatable bonds is 7. The van der Waals surface area contributed by atoms with E-state index in [9.17, 15) is 4.79 Å². The van der Waals surface area contributed by atoms with Crippen LogP contribution in [-0.2, 0) is 13.0 Å². The molecule has 0 radical (unpaired) electrons. The van der Waals surface area contributed by atoms with Crippen molar-refractivity contribution in [3.05, 3.63) is 100.0 Å². The Morgan fingerprint density at radius 1 is 0.971 bits per heavy atom. The number of aromatic amines is 1. The van der Waals surface area contributed by atoms with Crippen molar-refractivity contribution in [3.8, 4) is 28.2 Å². The minimum Gasteiger partial charge on any atom is -0.292 e. The van der Waals surface area contributed by atoms with E-state index in [-0.39, 0.29) is 5.69 Å². The first-order valence-corrected chi connectivity index (χ1v) is 11.7. The molecule has 0 amide bonds. The molecule has 0 bridgehead atoms. The van der Waals surface area contributed by atoms with Gasteiger partial charge in [-0.05, 0) is 53.8 Å². The van der Waals surface area contributed by atoms with Crippen molar-refractivity contribution in [2.75, 3.05) is 0 Å². The SMILES string of the molecule is CCCc1cn(-c2c(C)cccc2C)c(=O)n1Cc1ccc(-c2cnccc2-c2nn[nH]n2)cc1. The monoisotopic (exact) mass is 465 g/mol. The zero-order valence-electron chi connectivity index (χ0n) is 20.1. The lowest BCUT2D eigenvalue weighted by Crippen LogP contribution is -2.25. The van der Waals surface area contributed by atoms with Gasteiger partial charge in [0.25, 0.3) is 0 Å². The third-order valence-corrected chi connectivity index (χ3v) is 6.26. The first kappa shape index (κ1) is 22.5. The molecule has 0 saturated carbocycles. The van der Waals surface area contributed by atoms with Gasteiger partial charge >= 0.3 is 5.69 Å². The number of aryl methyl sites for hydroxylation is 3. The summed E-state index contributed by atoms with van der Waals surface area (Å²) in [5.41, 5.74) is 8.00. The molecule has 0 aliphatic carbocycles. The van der Waals surface area contributed by atoms with E-state index < -0.39 is 0 Å². The van der Waals surface area contributed by atoms with Crippen LogP contribution in [0.5, 0.6) is 0 Å². The molecule has 0 fully saturated rings. The highest BCUT2D eigenvalue weighted by molar-refractivity contribution is 5.79. The summed E-state index contributed by atoms with van der Waals surface area (Å²) in [6.45, 7) is 6.74. The topological polar surface area (TPSA) is 94.3 Å². The second kappa shape index (κ2) is 9.50. The zero-order valence-corrected chi connectivity index (χ0v) is 20.1. The van der Waals surface area contributed by atoms with Gasteiger partial charge in [-0.1, -0.05) is 55.8 Å². The minimum absolute atomic E-state index is 0.0124. The molecule has 3 heterocycles. The third-order valence-electron chi connectivity index (χ3n) is 6.26. The molecule has 0 aliphatic rings. The predicted molar refractivity (Wildman–Crippen MR) is 135 cm³/mol. The maximum atomic E-state index is 13.5. The van der Waals surface area contributed by atoms with Gasteiger partial charge < -0.3 is 0 Å². The Balaban J connectivity index is 1.49. The van der Waals surface area contributed by atoms with Gasteiger partial charge in [0.15, 0.2) is 0 Å². The Bertz CT molecular complexity index is 1490. The fraction of sp³-hybridized carbons (Fsp3) is 0.222. The van der Waals surface area contributed by atoms with Crippen LogP contribution in [-0.4, -0.2) is 34.7 Å². The smallest absolute Gasteiger partial charge is 0.292 e.